The number of benzene rings is 1. The lowest BCUT2D eigenvalue weighted by Gasteiger charge is -2.32. The lowest BCUT2D eigenvalue weighted by atomic mass is 9.97. The summed E-state index contributed by atoms with van der Waals surface area (Å²) in [4.78, 5) is 12.4. The van der Waals surface area contributed by atoms with E-state index in [2.05, 4.69) is 5.32 Å². The fraction of sp³-hybridized carbons (Fsp3) is 0.611. The van der Waals surface area contributed by atoms with Gasteiger partial charge in [0.15, 0.2) is 0 Å². The molecule has 0 spiro atoms. The number of aryl methyl sites for hydroxylation is 1. The molecular formula is C18H29N3O4S. The molecule has 0 saturated carbocycles. The lowest BCUT2D eigenvalue weighted by molar-refractivity contribution is -0.126. The third-order valence-corrected chi connectivity index (χ3v) is 6.46. The predicted molar refractivity (Wildman–Crippen MR) is 101 cm³/mol. The Morgan fingerprint density at radius 1 is 1.27 bits per heavy atom. The van der Waals surface area contributed by atoms with Gasteiger partial charge >= 0.3 is 0 Å². The summed E-state index contributed by atoms with van der Waals surface area (Å²) in [6.45, 7) is 5.04. The van der Waals surface area contributed by atoms with Crippen molar-refractivity contribution in [1.29, 1.82) is 0 Å². The van der Waals surface area contributed by atoms with E-state index in [1.807, 2.05) is 38.1 Å². The summed E-state index contributed by atoms with van der Waals surface area (Å²) in [5, 5.41) is 2.97. The Balaban J connectivity index is 1.77. The first-order valence-electron chi connectivity index (χ1n) is 8.87. The van der Waals surface area contributed by atoms with Crippen LogP contribution >= 0.6 is 0 Å². The van der Waals surface area contributed by atoms with E-state index >= 15 is 0 Å². The molecule has 0 aliphatic carbocycles. The number of nitrogens with one attached hydrogen (secondary N) is 1. The van der Waals surface area contributed by atoms with E-state index in [0.29, 0.717) is 32.5 Å². The molecule has 1 aromatic carbocycles. The van der Waals surface area contributed by atoms with E-state index in [-0.39, 0.29) is 17.9 Å². The van der Waals surface area contributed by atoms with Gasteiger partial charge in [0, 0.05) is 33.1 Å². The first-order chi connectivity index (χ1) is 12.2. The highest BCUT2D eigenvalue weighted by molar-refractivity contribution is 7.86. The highest BCUT2D eigenvalue weighted by Gasteiger charge is 2.32. The number of ether oxygens (including phenoxy) is 1. The van der Waals surface area contributed by atoms with E-state index in [4.69, 9.17) is 4.74 Å². The molecule has 1 atom stereocenters. The second kappa shape index (κ2) is 8.83. The molecule has 26 heavy (non-hydrogen) atoms. The fourth-order valence-corrected chi connectivity index (χ4v) is 3.97. The fourth-order valence-electron chi connectivity index (χ4n) is 2.84. The number of carbonyl (C=O) groups is 1. The van der Waals surface area contributed by atoms with Gasteiger partial charge in [-0.2, -0.15) is 17.0 Å². The molecule has 0 bridgehead atoms. The van der Waals surface area contributed by atoms with Gasteiger partial charge in [0.1, 0.15) is 12.4 Å². The minimum absolute atomic E-state index is 0.0353. The zero-order chi connectivity index (χ0) is 19.3. The van der Waals surface area contributed by atoms with Gasteiger partial charge < -0.3 is 10.1 Å². The summed E-state index contributed by atoms with van der Waals surface area (Å²) < 4.78 is 32.6. The van der Waals surface area contributed by atoms with Gasteiger partial charge in [-0.1, -0.05) is 17.7 Å². The summed E-state index contributed by atoms with van der Waals surface area (Å²) in [5.41, 5.74) is 1.17. The minimum Gasteiger partial charge on any atom is -0.491 e. The van der Waals surface area contributed by atoms with Crippen molar-refractivity contribution >= 4 is 16.1 Å². The molecule has 8 heteroatoms. The third-order valence-electron chi connectivity index (χ3n) is 4.52. The van der Waals surface area contributed by atoms with Crippen LogP contribution in [0.1, 0.15) is 25.3 Å². The first-order valence-corrected chi connectivity index (χ1v) is 10.3. The topological polar surface area (TPSA) is 79.0 Å². The smallest absolute Gasteiger partial charge is 0.281 e. The van der Waals surface area contributed by atoms with Gasteiger partial charge in [-0.15, -0.1) is 0 Å². The quantitative estimate of drug-likeness (QED) is 0.772. The van der Waals surface area contributed by atoms with Crippen LogP contribution in [0, 0.1) is 12.8 Å². The summed E-state index contributed by atoms with van der Waals surface area (Å²) in [6.07, 6.45) is 1.06. The van der Waals surface area contributed by atoms with Crippen molar-refractivity contribution in [3.63, 3.8) is 0 Å². The van der Waals surface area contributed by atoms with Gasteiger partial charge in [-0.05, 0) is 38.8 Å². The maximum atomic E-state index is 12.4. The van der Waals surface area contributed by atoms with Crippen molar-refractivity contribution in [3.8, 4) is 5.75 Å². The molecule has 0 unspecified atom stereocenters. The molecule has 1 saturated heterocycles. The van der Waals surface area contributed by atoms with Crippen molar-refractivity contribution in [2.75, 3.05) is 33.8 Å². The van der Waals surface area contributed by atoms with Gasteiger partial charge in [0.2, 0.25) is 5.91 Å². The number of amides is 1. The summed E-state index contributed by atoms with van der Waals surface area (Å²) in [7, 11) is -0.364. The highest BCUT2D eigenvalue weighted by Crippen LogP contribution is 2.21. The van der Waals surface area contributed by atoms with Crippen LogP contribution in [0.4, 0.5) is 0 Å². The van der Waals surface area contributed by atoms with Gasteiger partial charge in [-0.3, -0.25) is 4.79 Å². The van der Waals surface area contributed by atoms with Crippen molar-refractivity contribution < 1.29 is 17.9 Å². The van der Waals surface area contributed by atoms with Crippen LogP contribution in [0.2, 0.25) is 0 Å². The van der Waals surface area contributed by atoms with E-state index in [1.54, 1.807) is 0 Å². The molecule has 1 N–H and O–H groups in total. The van der Waals surface area contributed by atoms with Crippen molar-refractivity contribution in [1.82, 2.24) is 13.9 Å². The normalized spacial score (nSPS) is 17.9. The van der Waals surface area contributed by atoms with Crippen LogP contribution in [-0.4, -0.2) is 62.8 Å². The molecule has 1 fully saturated rings. The number of carbonyl (C=O) groups excluding carboxylic acids is 1. The molecular weight excluding hydrogens is 354 g/mol. The Morgan fingerprint density at radius 2 is 1.85 bits per heavy atom. The van der Waals surface area contributed by atoms with Crippen molar-refractivity contribution in [2.24, 2.45) is 5.92 Å². The average Bonchev–Trinajstić information content (AvgIpc) is 2.61. The highest BCUT2D eigenvalue weighted by atomic mass is 32.2. The molecule has 1 aliphatic rings. The molecule has 1 amide bonds. The van der Waals surface area contributed by atoms with E-state index in [1.165, 1.54) is 28.3 Å². The second-order valence-corrected chi connectivity index (χ2v) is 9.14. The van der Waals surface area contributed by atoms with E-state index < -0.39 is 10.2 Å². The van der Waals surface area contributed by atoms with E-state index in [9.17, 15) is 13.2 Å². The summed E-state index contributed by atoms with van der Waals surface area (Å²) in [6, 6.07) is 7.66. The van der Waals surface area contributed by atoms with E-state index in [0.717, 1.165) is 5.75 Å². The number of rotatable bonds is 7. The van der Waals surface area contributed by atoms with Gasteiger partial charge in [0.05, 0.1) is 6.04 Å². The molecule has 0 radical (unpaired) electrons. The maximum absolute atomic E-state index is 12.4. The molecule has 1 heterocycles. The second-order valence-electron chi connectivity index (χ2n) is 7.00. The van der Waals surface area contributed by atoms with Crippen LogP contribution < -0.4 is 10.1 Å². The molecule has 7 nitrogen and oxygen atoms in total. The van der Waals surface area contributed by atoms with Gasteiger partial charge in [-0.25, -0.2) is 0 Å². The lowest BCUT2D eigenvalue weighted by Crippen LogP contribution is -2.48. The SMILES string of the molecule is Cc1ccc(OC[C@@H](C)NC(=O)C2CCN(S(=O)(=O)N(C)C)CC2)cc1. The maximum Gasteiger partial charge on any atom is 0.281 e. The van der Waals surface area contributed by atoms with Crippen LogP contribution in [0.3, 0.4) is 0 Å². The van der Waals surface area contributed by atoms with Crippen LogP contribution in [0.5, 0.6) is 5.75 Å². The number of hydrogen-bond donors (Lipinski definition) is 1. The Hall–Kier alpha value is -1.64. The summed E-state index contributed by atoms with van der Waals surface area (Å²) in [5.74, 6) is 0.580. The Labute approximate surface area is 156 Å². The molecule has 146 valence electrons. The summed E-state index contributed by atoms with van der Waals surface area (Å²) >= 11 is 0. The van der Waals surface area contributed by atoms with Crippen LogP contribution in [-0.2, 0) is 15.0 Å². The Kier molecular flexibility index (Phi) is 7.02. The minimum atomic E-state index is -3.40. The Morgan fingerprint density at radius 3 is 2.38 bits per heavy atom. The standard InChI is InChI=1S/C18H29N3O4S/c1-14-5-7-17(8-6-14)25-13-15(2)19-18(22)16-9-11-21(12-10-16)26(23,24)20(3)4/h5-8,15-16H,9-13H2,1-4H3,(H,19,22)/t15-/m1/s1. The van der Waals surface area contributed by atoms with Crippen LogP contribution in [0.25, 0.3) is 0 Å². The molecule has 0 aromatic heterocycles. The van der Waals surface area contributed by atoms with Crippen molar-refractivity contribution in [2.45, 2.75) is 32.7 Å². The number of nitrogens with zero attached hydrogens (tertiary/aromatic N) is 2. The number of hydrogen-bond acceptors (Lipinski definition) is 4. The largest absolute Gasteiger partial charge is 0.491 e. The third kappa shape index (κ3) is 5.43. The van der Waals surface area contributed by atoms with Gasteiger partial charge in [0.25, 0.3) is 10.2 Å². The first kappa shape index (κ1) is 20.7. The number of piperidine rings is 1. The van der Waals surface area contributed by atoms with Crippen LogP contribution in [0.15, 0.2) is 24.3 Å². The van der Waals surface area contributed by atoms with Crippen molar-refractivity contribution in [3.05, 3.63) is 29.8 Å². The average molecular weight is 384 g/mol. The zero-order valence-electron chi connectivity index (χ0n) is 15.9. The Bertz CT molecular complexity index is 696. The molecule has 1 aromatic rings. The monoisotopic (exact) mass is 383 g/mol. The molecule has 2 rings (SSSR count). The predicted octanol–water partition coefficient (Wildman–Crippen LogP) is 1.40. The zero-order valence-corrected chi connectivity index (χ0v) is 16.8. The molecule has 1 aliphatic heterocycles.